The van der Waals surface area contributed by atoms with Crippen LogP contribution in [0.3, 0.4) is 0 Å². The van der Waals surface area contributed by atoms with Crippen molar-refractivity contribution in [2.45, 2.75) is 84.0 Å². The lowest BCUT2D eigenvalue weighted by Crippen LogP contribution is -2.46. The number of allylic oxidation sites excluding steroid dienone is 1. The van der Waals surface area contributed by atoms with E-state index in [0.29, 0.717) is 19.5 Å². The first-order valence-corrected chi connectivity index (χ1v) is 12.4. The molecular weight excluding hydrogens is 432 g/mol. The molecule has 1 atom stereocenters. The summed E-state index contributed by atoms with van der Waals surface area (Å²) < 4.78 is 10.8. The van der Waals surface area contributed by atoms with Crippen LogP contribution in [-0.2, 0) is 20.9 Å². The fourth-order valence-electron chi connectivity index (χ4n) is 4.47. The number of alkyl carbamates (subject to hydrolysis) is 1. The number of rotatable bonds is 7. The minimum Gasteiger partial charge on any atom is -0.445 e. The average Bonchev–Trinajstić information content (AvgIpc) is 3.30. The molecule has 1 N–H and O–H groups in total. The van der Waals surface area contributed by atoms with Gasteiger partial charge in [-0.05, 0) is 83.3 Å². The predicted octanol–water partition coefficient (Wildman–Crippen LogP) is 5.39. The Bertz CT molecular complexity index is 859. The van der Waals surface area contributed by atoms with Gasteiger partial charge in [0.15, 0.2) is 5.78 Å². The Morgan fingerprint density at radius 3 is 2.35 bits per heavy atom. The van der Waals surface area contributed by atoms with Crippen LogP contribution in [0, 0.1) is 5.92 Å². The average molecular weight is 471 g/mol. The monoisotopic (exact) mass is 470 g/mol. The number of ether oxygens (including phenoxy) is 2. The van der Waals surface area contributed by atoms with Gasteiger partial charge in [0.1, 0.15) is 12.2 Å². The summed E-state index contributed by atoms with van der Waals surface area (Å²) in [6.45, 7) is 6.81. The van der Waals surface area contributed by atoms with Crippen molar-refractivity contribution in [3.63, 3.8) is 0 Å². The molecule has 0 bridgehead atoms. The normalized spacial score (nSPS) is 17.7. The first-order chi connectivity index (χ1) is 16.2. The van der Waals surface area contributed by atoms with Gasteiger partial charge in [0.05, 0.1) is 6.04 Å². The van der Waals surface area contributed by atoms with Crippen LogP contribution < -0.4 is 5.32 Å². The first-order valence-electron chi connectivity index (χ1n) is 12.4. The van der Waals surface area contributed by atoms with Crippen molar-refractivity contribution in [3.05, 3.63) is 47.5 Å². The standard InChI is InChI=1S/C27H38N2O5/c1-27(2,3)34-25(31)28-23(24(30)18-20-9-7-8-10-20)17-21-13-15-29(16-14-21)26(32)33-19-22-11-5-4-6-12-22/h4-6,11-12,18,21,23H,7-10,13-17,19H2,1-3H3,(H,28,31). The number of amides is 2. The van der Waals surface area contributed by atoms with Crippen LogP contribution in [-0.4, -0.2) is 47.6 Å². The summed E-state index contributed by atoms with van der Waals surface area (Å²) in [5.41, 5.74) is 1.49. The van der Waals surface area contributed by atoms with Gasteiger partial charge in [-0.25, -0.2) is 9.59 Å². The van der Waals surface area contributed by atoms with Gasteiger partial charge in [0.25, 0.3) is 0 Å². The number of hydrogen-bond donors (Lipinski definition) is 1. The number of carbonyl (C=O) groups excluding carboxylic acids is 3. The zero-order chi connectivity index (χ0) is 24.6. The van der Waals surface area contributed by atoms with E-state index >= 15 is 0 Å². The second-order valence-electron chi connectivity index (χ2n) is 10.3. The molecule has 1 unspecified atom stereocenters. The quantitative estimate of drug-likeness (QED) is 0.540. The molecule has 2 fully saturated rings. The Hall–Kier alpha value is -2.83. The molecule has 1 heterocycles. The lowest BCUT2D eigenvalue weighted by Gasteiger charge is -2.33. The molecule has 0 aromatic heterocycles. The van der Waals surface area contributed by atoms with E-state index in [-0.39, 0.29) is 24.4 Å². The fourth-order valence-corrected chi connectivity index (χ4v) is 4.47. The maximum Gasteiger partial charge on any atom is 0.410 e. The molecule has 1 aliphatic carbocycles. The van der Waals surface area contributed by atoms with Crippen LogP contribution in [0.1, 0.15) is 71.3 Å². The minimum absolute atomic E-state index is 0.0625. The predicted molar refractivity (Wildman–Crippen MR) is 130 cm³/mol. The third kappa shape index (κ3) is 8.50. The van der Waals surface area contributed by atoms with Crippen molar-refractivity contribution in [1.82, 2.24) is 10.2 Å². The lowest BCUT2D eigenvalue weighted by molar-refractivity contribution is -0.117. The minimum atomic E-state index is -0.632. The van der Waals surface area contributed by atoms with E-state index in [1.807, 2.05) is 30.3 Å². The van der Waals surface area contributed by atoms with Crippen molar-refractivity contribution in [2.75, 3.05) is 13.1 Å². The molecule has 1 saturated heterocycles. The summed E-state index contributed by atoms with van der Waals surface area (Å²) in [6, 6.07) is 8.99. The zero-order valence-corrected chi connectivity index (χ0v) is 20.7. The van der Waals surface area contributed by atoms with E-state index in [9.17, 15) is 14.4 Å². The number of nitrogens with one attached hydrogen (secondary N) is 1. The molecule has 1 aromatic rings. The smallest absolute Gasteiger partial charge is 0.410 e. The van der Waals surface area contributed by atoms with Gasteiger partial charge >= 0.3 is 12.2 Å². The molecular formula is C27H38N2O5. The largest absolute Gasteiger partial charge is 0.445 e. The summed E-state index contributed by atoms with van der Waals surface area (Å²) in [6.07, 6.45) is 7.03. The van der Waals surface area contributed by atoms with Crippen LogP contribution >= 0.6 is 0 Å². The van der Waals surface area contributed by atoms with Gasteiger partial charge < -0.3 is 19.7 Å². The second kappa shape index (κ2) is 12.0. The molecule has 7 heteroatoms. The highest BCUT2D eigenvalue weighted by Gasteiger charge is 2.30. The molecule has 3 rings (SSSR count). The highest BCUT2D eigenvalue weighted by atomic mass is 16.6. The zero-order valence-electron chi connectivity index (χ0n) is 20.7. The molecule has 1 aliphatic heterocycles. The van der Waals surface area contributed by atoms with Crippen LogP contribution in [0.2, 0.25) is 0 Å². The topological polar surface area (TPSA) is 84.9 Å². The first kappa shape index (κ1) is 25.8. The number of benzene rings is 1. The van der Waals surface area contributed by atoms with Crippen LogP contribution in [0.25, 0.3) is 0 Å². The van der Waals surface area contributed by atoms with Gasteiger partial charge in [-0.3, -0.25) is 4.79 Å². The van der Waals surface area contributed by atoms with Gasteiger partial charge in [-0.1, -0.05) is 35.9 Å². The van der Waals surface area contributed by atoms with Gasteiger partial charge in [0.2, 0.25) is 0 Å². The number of likely N-dealkylation sites (tertiary alicyclic amines) is 1. The van der Waals surface area contributed by atoms with E-state index in [4.69, 9.17) is 9.47 Å². The number of nitrogens with zero attached hydrogens (tertiary/aromatic N) is 1. The maximum atomic E-state index is 13.0. The Morgan fingerprint density at radius 2 is 1.74 bits per heavy atom. The highest BCUT2D eigenvalue weighted by Crippen LogP contribution is 2.26. The second-order valence-corrected chi connectivity index (χ2v) is 10.3. The van der Waals surface area contributed by atoms with Gasteiger partial charge in [-0.15, -0.1) is 0 Å². The molecule has 2 amide bonds. The number of carbonyl (C=O) groups is 3. The summed E-state index contributed by atoms with van der Waals surface area (Å²) in [5, 5.41) is 2.81. The van der Waals surface area contributed by atoms with Crippen LogP contribution in [0.5, 0.6) is 0 Å². The third-order valence-electron chi connectivity index (χ3n) is 6.27. The molecule has 7 nitrogen and oxygen atoms in total. The van der Waals surface area contributed by atoms with Crippen molar-refractivity contribution in [1.29, 1.82) is 0 Å². The molecule has 186 valence electrons. The Morgan fingerprint density at radius 1 is 1.09 bits per heavy atom. The van der Waals surface area contributed by atoms with E-state index in [2.05, 4.69) is 5.32 Å². The summed E-state index contributed by atoms with van der Waals surface area (Å²) in [4.78, 5) is 39.6. The number of piperidine rings is 1. The van der Waals surface area contributed by atoms with Gasteiger partial charge in [0, 0.05) is 13.1 Å². The van der Waals surface area contributed by atoms with Crippen molar-refractivity contribution < 1.29 is 23.9 Å². The van der Waals surface area contributed by atoms with Crippen LogP contribution in [0.15, 0.2) is 42.0 Å². The molecule has 34 heavy (non-hydrogen) atoms. The molecule has 1 saturated carbocycles. The Kier molecular flexibility index (Phi) is 9.13. The maximum absolute atomic E-state index is 13.0. The third-order valence-corrected chi connectivity index (χ3v) is 6.27. The summed E-state index contributed by atoms with van der Waals surface area (Å²) in [7, 11) is 0. The molecule has 1 aromatic carbocycles. The lowest BCUT2D eigenvalue weighted by atomic mass is 9.88. The molecule has 2 aliphatic rings. The Balaban J connectivity index is 1.53. The van der Waals surface area contributed by atoms with Crippen LogP contribution in [0.4, 0.5) is 9.59 Å². The number of ketones is 1. The SMILES string of the molecule is CC(C)(C)OC(=O)NC(CC1CCN(C(=O)OCc2ccccc2)CC1)C(=O)C=C1CCCC1. The number of hydrogen-bond acceptors (Lipinski definition) is 5. The molecule has 0 spiro atoms. The van der Waals surface area contributed by atoms with Crippen molar-refractivity contribution in [2.24, 2.45) is 5.92 Å². The molecule has 0 radical (unpaired) electrons. The van der Waals surface area contributed by atoms with Crippen molar-refractivity contribution in [3.8, 4) is 0 Å². The van der Waals surface area contributed by atoms with E-state index in [0.717, 1.165) is 49.7 Å². The van der Waals surface area contributed by atoms with E-state index in [1.165, 1.54) is 0 Å². The summed E-state index contributed by atoms with van der Waals surface area (Å²) >= 11 is 0. The Labute approximate surface area is 202 Å². The van der Waals surface area contributed by atoms with E-state index < -0.39 is 17.7 Å². The highest BCUT2D eigenvalue weighted by molar-refractivity contribution is 5.96. The van der Waals surface area contributed by atoms with E-state index in [1.54, 1.807) is 31.7 Å². The van der Waals surface area contributed by atoms with Gasteiger partial charge in [-0.2, -0.15) is 0 Å². The van der Waals surface area contributed by atoms with Crippen molar-refractivity contribution >= 4 is 18.0 Å². The summed E-state index contributed by atoms with van der Waals surface area (Å²) in [5.74, 6) is 0.163. The fraction of sp³-hybridized carbons (Fsp3) is 0.593.